The van der Waals surface area contributed by atoms with Crippen LogP contribution in [0.2, 0.25) is 0 Å². The molecule has 0 aliphatic heterocycles. The molecule has 0 radical (unpaired) electrons. The largest absolute Gasteiger partial charge is 0.452 e. The van der Waals surface area contributed by atoms with Crippen molar-refractivity contribution in [1.82, 2.24) is 5.32 Å². The lowest BCUT2D eigenvalue weighted by Crippen LogP contribution is -2.65. The molecular weight excluding hydrogens is 387 g/mol. The zero-order chi connectivity index (χ0) is 21.7. The average molecular weight is 416 g/mol. The van der Waals surface area contributed by atoms with E-state index in [9.17, 15) is 18.8 Å². The van der Waals surface area contributed by atoms with Crippen molar-refractivity contribution in [3.8, 4) is 0 Å². The number of nitrogens with one attached hydrogen (secondary N) is 2. The highest BCUT2D eigenvalue weighted by atomic mass is 19.1. The van der Waals surface area contributed by atoms with Gasteiger partial charge in [-0.1, -0.05) is 6.07 Å². The van der Waals surface area contributed by atoms with E-state index in [0.717, 1.165) is 32.1 Å². The minimum absolute atomic E-state index is 0.0708. The molecule has 0 saturated heterocycles. The maximum absolute atomic E-state index is 13.7. The quantitative estimate of drug-likeness (QED) is 0.720. The summed E-state index contributed by atoms with van der Waals surface area (Å²) in [6, 6.07) is 4.44. The summed E-state index contributed by atoms with van der Waals surface area (Å²) >= 11 is 0. The van der Waals surface area contributed by atoms with Crippen LogP contribution in [0.1, 0.15) is 57.9 Å². The highest BCUT2D eigenvalue weighted by Crippen LogP contribution is 2.62. The van der Waals surface area contributed by atoms with E-state index in [4.69, 9.17) is 4.74 Å². The number of hydrogen-bond donors (Lipinski definition) is 2. The average Bonchev–Trinajstić information content (AvgIpc) is 2.62. The molecule has 1 aromatic carbocycles. The van der Waals surface area contributed by atoms with Gasteiger partial charge in [0.1, 0.15) is 5.82 Å². The molecule has 4 bridgehead atoms. The van der Waals surface area contributed by atoms with Gasteiger partial charge in [-0.15, -0.1) is 0 Å². The Morgan fingerprint density at radius 1 is 1.17 bits per heavy atom. The van der Waals surface area contributed by atoms with Crippen molar-refractivity contribution >= 4 is 23.5 Å². The molecule has 7 heteroatoms. The minimum Gasteiger partial charge on any atom is -0.452 e. The van der Waals surface area contributed by atoms with Crippen LogP contribution >= 0.6 is 0 Å². The Hall–Kier alpha value is -2.44. The Labute approximate surface area is 175 Å². The molecule has 2 N–H and O–H groups in total. The van der Waals surface area contributed by atoms with Crippen LogP contribution in [0.5, 0.6) is 0 Å². The van der Waals surface area contributed by atoms with Gasteiger partial charge in [0, 0.05) is 18.2 Å². The number of carbonyl (C=O) groups is 3. The van der Waals surface area contributed by atoms with Gasteiger partial charge in [-0.2, -0.15) is 0 Å². The number of esters is 1. The summed E-state index contributed by atoms with van der Waals surface area (Å²) in [5.74, 6) is -0.541. The second-order valence-corrected chi connectivity index (χ2v) is 9.70. The van der Waals surface area contributed by atoms with Gasteiger partial charge in [-0.25, -0.2) is 4.39 Å². The normalized spacial score (nSPS) is 32.4. The van der Waals surface area contributed by atoms with Crippen LogP contribution in [0.3, 0.4) is 0 Å². The fraction of sp³-hybridized carbons (Fsp3) is 0.609. The summed E-state index contributed by atoms with van der Waals surface area (Å²) in [6.45, 7) is 4.69. The summed E-state index contributed by atoms with van der Waals surface area (Å²) in [5, 5.41) is 5.73. The number of aryl methyl sites for hydroxylation is 1. The Morgan fingerprint density at radius 2 is 1.83 bits per heavy atom. The Kier molecular flexibility index (Phi) is 5.11. The number of rotatable bonds is 5. The molecule has 0 heterocycles. The Balaban J connectivity index is 1.44. The smallest absolute Gasteiger partial charge is 0.312 e. The minimum atomic E-state index is -0.994. The van der Waals surface area contributed by atoms with Crippen molar-refractivity contribution in [1.29, 1.82) is 0 Å². The maximum atomic E-state index is 13.7. The number of carbonyl (C=O) groups excluding carboxylic acids is 3. The molecular formula is C23H29FN2O4. The van der Waals surface area contributed by atoms with E-state index in [0.29, 0.717) is 29.5 Å². The van der Waals surface area contributed by atoms with E-state index in [-0.39, 0.29) is 17.4 Å². The van der Waals surface area contributed by atoms with Gasteiger partial charge in [0.25, 0.3) is 5.91 Å². The van der Waals surface area contributed by atoms with E-state index < -0.39 is 23.2 Å². The van der Waals surface area contributed by atoms with Crippen molar-refractivity contribution in [3.05, 3.63) is 29.6 Å². The Morgan fingerprint density at radius 3 is 2.43 bits per heavy atom. The third kappa shape index (κ3) is 3.82. The highest BCUT2D eigenvalue weighted by molar-refractivity contribution is 5.95. The molecule has 162 valence electrons. The molecule has 4 aliphatic rings. The molecule has 4 fully saturated rings. The summed E-state index contributed by atoms with van der Waals surface area (Å²) in [7, 11) is 0. The molecule has 5 rings (SSSR count). The van der Waals surface area contributed by atoms with E-state index in [2.05, 4.69) is 10.6 Å². The van der Waals surface area contributed by atoms with Crippen molar-refractivity contribution in [2.45, 2.75) is 70.9 Å². The fourth-order valence-electron chi connectivity index (χ4n) is 6.27. The second-order valence-electron chi connectivity index (χ2n) is 9.70. The third-order valence-corrected chi connectivity index (χ3v) is 7.03. The number of halogens is 1. The predicted octanol–water partition coefficient (Wildman–Crippen LogP) is 3.48. The summed E-state index contributed by atoms with van der Waals surface area (Å²) in [4.78, 5) is 37.5. The predicted molar refractivity (Wildman–Crippen MR) is 109 cm³/mol. The van der Waals surface area contributed by atoms with Gasteiger partial charge in [-0.05, 0) is 81.9 Å². The summed E-state index contributed by atoms with van der Waals surface area (Å²) in [6.07, 6.45) is 3.99. The molecule has 1 aromatic rings. The zero-order valence-corrected chi connectivity index (χ0v) is 17.7. The van der Waals surface area contributed by atoms with Gasteiger partial charge in [0.05, 0.1) is 5.41 Å². The van der Waals surface area contributed by atoms with Crippen LogP contribution in [0.25, 0.3) is 0 Å². The van der Waals surface area contributed by atoms with E-state index in [1.807, 2.05) is 0 Å². The third-order valence-electron chi connectivity index (χ3n) is 7.03. The zero-order valence-electron chi connectivity index (χ0n) is 17.7. The van der Waals surface area contributed by atoms with Crippen LogP contribution in [-0.2, 0) is 19.1 Å². The maximum Gasteiger partial charge on any atom is 0.312 e. The van der Waals surface area contributed by atoms with Crippen molar-refractivity contribution in [3.63, 3.8) is 0 Å². The number of ether oxygens (including phenoxy) is 1. The van der Waals surface area contributed by atoms with Crippen LogP contribution in [0.15, 0.2) is 18.2 Å². The fourth-order valence-corrected chi connectivity index (χ4v) is 6.27. The van der Waals surface area contributed by atoms with E-state index in [1.54, 1.807) is 19.1 Å². The molecule has 4 aliphatic carbocycles. The van der Waals surface area contributed by atoms with Crippen LogP contribution in [-0.4, -0.2) is 29.4 Å². The first-order valence-electron chi connectivity index (χ1n) is 10.7. The first kappa shape index (κ1) is 20.8. The monoisotopic (exact) mass is 416 g/mol. The van der Waals surface area contributed by atoms with Crippen molar-refractivity contribution in [2.75, 3.05) is 5.32 Å². The highest BCUT2D eigenvalue weighted by Gasteiger charge is 2.61. The van der Waals surface area contributed by atoms with Gasteiger partial charge in [-0.3, -0.25) is 14.4 Å². The molecule has 0 spiro atoms. The molecule has 2 amide bonds. The summed E-state index contributed by atoms with van der Waals surface area (Å²) in [5.41, 5.74) is -0.163. The number of benzene rings is 1. The first-order valence-corrected chi connectivity index (χ1v) is 10.7. The number of anilines is 1. The lowest BCUT2D eigenvalue weighted by molar-refractivity contribution is -0.181. The van der Waals surface area contributed by atoms with Crippen molar-refractivity contribution < 1.29 is 23.5 Å². The van der Waals surface area contributed by atoms with Gasteiger partial charge >= 0.3 is 5.97 Å². The topological polar surface area (TPSA) is 84.5 Å². The lowest BCUT2D eigenvalue weighted by Gasteiger charge is -2.60. The first-order chi connectivity index (χ1) is 14.1. The van der Waals surface area contributed by atoms with Gasteiger partial charge in [0.2, 0.25) is 5.91 Å². The summed E-state index contributed by atoms with van der Waals surface area (Å²) < 4.78 is 19.3. The number of hydrogen-bond acceptors (Lipinski definition) is 4. The molecule has 5 atom stereocenters. The van der Waals surface area contributed by atoms with E-state index >= 15 is 0 Å². The van der Waals surface area contributed by atoms with Crippen LogP contribution in [0, 0.1) is 30.0 Å². The standard InChI is InChI=1S/C23H29FN2O4/c1-13-4-5-18(7-19(13)24)25-20(28)14(2)30-21(29)22-8-16-6-17(9-22)11-23(10-16,12-22)26-15(3)27/h4-5,7,14,16-17H,6,8-12H2,1-3H3,(H,25,28)(H,26,27)/t14-,16-,17+,22?,23?/m0/s1. The molecule has 2 unspecified atom stereocenters. The molecule has 4 saturated carbocycles. The van der Waals surface area contributed by atoms with E-state index in [1.165, 1.54) is 19.9 Å². The molecule has 6 nitrogen and oxygen atoms in total. The van der Waals surface area contributed by atoms with Gasteiger partial charge < -0.3 is 15.4 Å². The number of amides is 2. The Bertz CT molecular complexity index is 885. The van der Waals surface area contributed by atoms with Gasteiger partial charge in [0.15, 0.2) is 6.10 Å². The van der Waals surface area contributed by atoms with Crippen molar-refractivity contribution in [2.24, 2.45) is 17.3 Å². The SMILES string of the molecule is CC(=O)NC12C[C@H]3C[C@@H](C1)CC(C(=O)O[C@@H](C)C(=O)Nc1ccc(C)c(F)c1)(C3)C2. The van der Waals surface area contributed by atoms with Crippen LogP contribution < -0.4 is 10.6 Å². The lowest BCUT2D eigenvalue weighted by atomic mass is 9.47. The molecule has 0 aromatic heterocycles. The molecule has 30 heavy (non-hydrogen) atoms. The van der Waals surface area contributed by atoms with Crippen LogP contribution in [0.4, 0.5) is 10.1 Å². The second kappa shape index (κ2) is 7.36.